The molecule has 0 aliphatic rings. The highest BCUT2D eigenvalue weighted by molar-refractivity contribution is 7.99. The van der Waals surface area contributed by atoms with E-state index in [1.54, 1.807) is 0 Å². The first-order chi connectivity index (χ1) is 12.7. The molecular formula is C20H23ClN4OS. The number of para-hydroxylation sites is 1. The number of benzene rings is 2. The first kappa shape index (κ1) is 21.0. The van der Waals surface area contributed by atoms with Crippen molar-refractivity contribution in [1.82, 2.24) is 15.2 Å². The number of nitrogens with one attached hydrogen (secondary N) is 2. The van der Waals surface area contributed by atoms with Gasteiger partial charge in [-0.3, -0.25) is 9.89 Å². The maximum Gasteiger partial charge on any atom is 0.234 e. The lowest BCUT2D eigenvalue weighted by atomic mass is 10.1. The highest BCUT2D eigenvalue weighted by Gasteiger charge is 2.11. The molecule has 2 aromatic carbocycles. The third-order valence-electron chi connectivity index (χ3n) is 4.06. The predicted octanol–water partition coefficient (Wildman–Crippen LogP) is 4.42. The van der Waals surface area contributed by atoms with Gasteiger partial charge < -0.3 is 5.32 Å². The van der Waals surface area contributed by atoms with Gasteiger partial charge in [-0.15, -0.1) is 17.5 Å². The quantitative estimate of drug-likeness (QED) is 0.574. The number of thioether (sulfide) groups is 1. The zero-order valence-corrected chi connectivity index (χ0v) is 17.0. The van der Waals surface area contributed by atoms with Crippen LogP contribution in [0, 0.1) is 6.92 Å². The maximum absolute atomic E-state index is 12.3. The Morgan fingerprint density at radius 3 is 2.67 bits per heavy atom. The van der Waals surface area contributed by atoms with Crippen LogP contribution in [-0.2, 0) is 17.6 Å². The Kier molecular flexibility index (Phi) is 7.88. The van der Waals surface area contributed by atoms with E-state index in [2.05, 4.69) is 39.6 Å². The fourth-order valence-corrected chi connectivity index (χ4v) is 3.34. The lowest BCUT2D eigenvalue weighted by Gasteiger charge is -2.12. The molecule has 0 aliphatic carbocycles. The molecule has 27 heavy (non-hydrogen) atoms. The average Bonchev–Trinajstić information content (AvgIpc) is 3.10. The van der Waals surface area contributed by atoms with E-state index >= 15 is 0 Å². The van der Waals surface area contributed by atoms with Crippen LogP contribution in [-0.4, -0.2) is 26.8 Å². The van der Waals surface area contributed by atoms with Crippen LogP contribution in [0.1, 0.15) is 29.4 Å². The molecule has 1 amide bonds. The molecule has 0 fully saturated rings. The second-order valence-corrected chi connectivity index (χ2v) is 6.97. The number of rotatable bonds is 7. The van der Waals surface area contributed by atoms with Crippen LogP contribution in [0.25, 0.3) is 0 Å². The molecule has 7 heteroatoms. The van der Waals surface area contributed by atoms with Crippen molar-refractivity contribution in [2.45, 2.75) is 31.8 Å². The second-order valence-electron chi connectivity index (χ2n) is 6.03. The monoisotopic (exact) mass is 402 g/mol. The zero-order chi connectivity index (χ0) is 18.4. The van der Waals surface area contributed by atoms with Crippen LogP contribution in [0.2, 0.25) is 0 Å². The number of halogens is 1. The molecule has 0 spiro atoms. The van der Waals surface area contributed by atoms with Gasteiger partial charge in [-0.2, -0.15) is 0 Å². The molecule has 0 aliphatic heterocycles. The van der Waals surface area contributed by atoms with E-state index in [-0.39, 0.29) is 24.1 Å². The van der Waals surface area contributed by atoms with Crippen molar-refractivity contribution in [3.63, 3.8) is 0 Å². The SMILES string of the molecule is CCc1cccc(C)c1NC(=O)CSc1n[nH]c(Cc2ccccc2)n1.Cl. The van der Waals surface area contributed by atoms with E-state index in [9.17, 15) is 4.79 Å². The number of carbonyl (C=O) groups is 1. The maximum atomic E-state index is 12.3. The van der Waals surface area contributed by atoms with Crippen LogP contribution in [0.15, 0.2) is 53.7 Å². The Hall–Kier alpha value is -2.31. The van der Waals surface area contributed by atoms with Crippen LogP contribution in [0.3, 0.4) is 0 Å². The molecule has 0 atom stereocenters. The van der Waals surface area contributed by atoms with Gasteiger partial charge in [0, 0.05) is 12.1 Å². The Bertz CT molecular complexity index is 883. The van der Waals surface area contributed by atoms with Crippen molar-refractivity contribution >= 4 is 35.8 Å². The van der Waals surface area contributed by atoms with Crippen LogP contribution in [0.5, 0.6) is 0 Å². The number of aromatic amines is 1. The summed E-state index contributed by atoms with van der Waals surface area (Å²) >= 11 is 1.33. The molecule has 0 bridgehead atoms. The summed E-state index contributed by atoms with van der Waals surface area (Å²) in [6.45, 7) is 4.09. The smallest absolute Gasteiger partial charge is 0.234 e. The van der Waals surface area contributed by atoms with Crippen molar-refractivity contribution in [3.8, 4) is 0 Å². The largest absolute Gasteiger partial charge is 0.325 e. The van der Waals surface area contributed by atoms with Gasteiger partial charge in [0.1, 0.15) is 5.82 Å². The Morgan fingerprint density at radius 2 is 1.93 bits per heavy atom. The van der Waals surface area contributed by atoms with E-state index in [4.69, 9.17) is 0 Å². The summed E-state index contributed by atoms with van der Waals surface area (Å²) in [4.78, 5) is 16.8. The Balaban J connectivity index is 0.00000261. The number of nitrogens with zero attached hydrogens (tertiary/aromatic N) is 2. The molecule has 142 valence electrons. The fraction of sp³-hybridized carbons (Fsp3) is 0.250. The first-order valence-corrected chi connectivity index (χ1v) is 9.60. The van der Waals surface area contributed by atoms with Gasteiger partial charge in [-0.25, -0.2) is 4.98 Å². The predicted molar refractivity (Wildman–Crippen MR) is 113 cm³/mol. The third kappa shape index (κ3) is 5.84. The Morgan fingerprint density at radius 1 is 1.15 bits per heavy atom. The van der Waals surface area contributed by atoms with E-state index in [0.717, 1.165) is 29.1 Å². The lowest BCUT2D eigenvalue weighted by molar-refractivity contribution is -0.113. The molecule has 0 radical (unpaired) electrons. The average molecular weight is 403 g/mol. The van der Waals surface area contributed by atoms with E-state index < -0.39 is 0 Å². The molecule has 3 rings (SSSR count). The molecule has 1 aromatic heterocycles. The van der Waals surface area contributed by atoms with Crippen molar-refractivity contribution < 1.29 is 4.79 Å². The van der Waals surface area contributed by atoms with E-state index in [0.29, 0.717) is 11.6 Å². The van der Waals surface area contributed by atoms with E-state index in [1.807, 2.05) is 43.3 Å². The first-order valence-electron chi connectivity index (χ1n) is 8.62. The molecule has 3 aromatic rings. The third-order valence-corrected chi connectivity index (χ3v) is 4.91. The molecule has 0 saturated heterocycles. The van der Waals surface area contributed by atoms with Crippen molar-refractivity contribution in [2.24, 2.45) is 0 Å². The standard InChI is InChI=1S/C20H22N4OS.ClH/c1-3-16-11-7-8-14(2)19(16)22-18(25)13-26-20-21-17(23-24-20)12-15-9-5-4-6-10-15;/h4-11H,3,12-13H2,1-2H3,(H,22,25)(H,21,23,24);1H. The summed E-state index contributed by atoms with van der Waals surface area (Å²) in [5, 5.41) is 10.7. The molecule has 0 unspecified atom stereocenters. The molecule has 5 nitrogen and oxygen atoms in total. The summed E-state index contributed by atoms with van der Waals surface area (Å²) in [6.07, 6.45) is 1.58. The number of hydrogen-bond acceptors (Lipinski definition) is 4. The number of aryl methyl sites for hydroxylation is 2. The number of hydrogen-bond donors (Lipinski definition) is 2. The fourth-order valence-electron chi connectivity index (χ4n) is 2.72. The lowest BCUT2D eigenvalue weighted by Crippen LogP contribution is -2.16. The summed E-state index contributed by atoms with van der Waals surface area (Å²) in [6, 6.07) is 16.2. The molecule has 2 N–H and O–H groups in total. The number of H-pyrrole nitrogens is 1. The Labute approximate surface area is 169 Å². The van der Waals surface area contributed by atoms with Crippen molar-refractivity contribution in [1.29, 1.82) is 0 Å². The van der Waals surface area contributed by atoms with E-state index in [1.165, 1.54) is 17.3 Å². The number of carbonyl (C=O) groups excluding carboxylic acids is 1. The molecular weight excluding hydrogens is 380 g/mol. The summed E-state index contributed by atoms with van der Waals surface area (Å²) in [5.41, 5.74) is 4.31. The van der Waals surface area contributed by atoms with Crippen LogP contribution >= 0.6 is 24.2 Å². The summed E-state index contributed by atoms with van der Waals surface area (Å²) < 4.78 is 0. The van der Waals surface area contributed by atoms with Crippen LogP contribution in [0.4, 0.5) is 5.69 Å². The summed E-state index contributed by atoms with van der Waals surface area (Å²) in [7, 11) is 0. The number of aromatic nitrogens is 3. The number of anilines is 1. The zero-order valence-electron chi connectivity index (χ0n) is 15.4. The van der Waals surface area contributed by atoms with Gasteiger partial charge >= 0.3 is 0 Å². The van der Waals surface area contributed by atoms with Gasteiger partial charge in [-0.1, -0.05) is 67.2 Å². The minimum Gasteiger partial charge on any atom is -0.325 e. The second kappa shape index (κ2) is 10.1. The van der Waals surface area contributed by atoms with Gasteiger partial charge in [0.15, 0.2) is 0 Å². The van der Waals surface area contributed by atoms with Gasteiger partial charge in [-0.05, 0) is 30.0 Å². The van der Waals surface area contributed by atoms with Gasteiger partial charge in [0.2, 0.25) is 11.1 Å². The van der Waals surface area contributed by atoms with Gasteiger partial charge in [0.05, 0.1) is 5.75 Å². The minimum atomic E-state index is -0.0478. The highest BCUT2D eigenvalue weighted by atomic mass is 35.5. The normalized spacial score (nSPS) is 10.3. The van der Waals surface area contributed by atoms with Gasteiger partial charge in [0.25, 0.3) is 0 Å². The van der Waals surface area contributed by atoms with Crippen molar-refractivity contribution in [2.75, 3.05) is 11.1 Å². The number of amides is 1. The summed E-state index contributed by atoms with van der Waals surface area (Å²) in [5.74, 6) is 1.03. The minimum absolute atomic E-state index is 0. The molecule has 1 heterocycles. The van der Waals surface area contributed by atoms with Crippen molar-refractivity contribution in [3.05, 3.63) is 71.0 Å². The van der Waals surface area contributed by atoms with Crippen LogP contribution < -0.4 is 5.32 Å². The highest BCUT2D eigenvalue weighted by Crippen LogP contribution is 2.22. The topological polar surface area (TPSA) is 70.7 Å². The molecule has 0 saturated carbocycles.